The molecule has 3 aromatic rings. The predicted octanol–water partition coefficient (Wildman–Crippen LogP) is 4.73. The lowest BCUT2D eigenvalue weighted by molar-refractivity contribution is 0.0718. The summed E-state index contributed by atoms with van der Waals surface area (Å²) in [5.74, 6) is -0.700. The number of carbonyl (C=O) groups is 1. The highest BCUT2D eigenvalue weighted by Crippen LogP contribution is 2.44. The van der Waals surface area contributed by atoms with E-state index in [4.69, 9.17) is 11.6 Å². The van der Waals surface area contributed by atoms with Gasteiger partial charge in [0.2, 0.25) is 10.0 Å². The molecule has 1 saturated carbocycles. The molecular weight excluding hydrogens is 529 g/mol. The number of anilines is 1. The summed E-state index contributed by atoms with van der Waals surface area (Å²) in [5, 5.41) is 5.54. The van der Waals surface area contributed by atoms with Gasteiger partial charge < -0.3 is 9.80 Å². The maximum absolute atomic E-state index is 13.6. The number of halogens is 2. The number of benzene rings is 2. The van der Waals surface area contributed by atoms with E-state index in [1.165, 1.54) is 12.1 Å². The third-order valence-electron chi connectivity index (χ3n) is 7.50. The minimum absolute atomic E-state index is 0.0104. The lowest BCUT2D eigenvalue weighted by atomic mass is 10.1. The summed E-state index contributed by atoms with van der Waals surface area (Å²) in [6.45, 7) is 6.40. The second-order valence-electron chi connectivity index (χ2n) is 11.7. The molecule has 1 amide bonds. The van der Waals surface area contributed by atoms with Gasteiger partial charge >= 0.3 is 0 Å². The summed E-state index contributed by atoms with van der Waals surface area (Å²) >= 11 is 6.20. The summed E-state index contributed by atoms with van der Waals surface area (Å²) in [6, 6.07) is 7.66. The van der Waals surface area contributed by atoms with E-state index in [-0.39, 0.29) is 33.5 Å². The molecule has 2 aromatic carbocycles. The molecule has 202 valence electrons. The molecule has 3 fully saturated rings. The number of hydrogen-bond acceptors (Lipinski definition) is 5. The Balaban J connectivity index is 1.39. The van der Waals surface area contributed by atoms with Crippen LogP contribution in [0.2, 0.25) is 5.02 Å². The molecule has 8 nitrogen and oxygen atoms in total. The molecular formula is C27H31ClFN5O3S. The third-order valence-corrected chi connectivity index (χ3v) is 9.55. The highest BCUT2D eigenvalue weighted by Gasteiger charge is 2.43. The molecule has 2 atom stereocenters. The monoisotopic (exact) mass is 559 g/mol. The van der Waals surface area contributed by atoms with Crippen molar-refractivity contribution in [2.75, 3.05) is 18.0 Å². The van der Waals surface area contributed by atoms with Crippen LogP contribution in [-0.2, 0) is 10.0 Å². The van der Waals surface area contributed by atoms with Crippen molar-refractivity contribution in [1.82, 2.24) is 19.4 Å². The Hall–Kier alpha value is -2.69. The van der Waals surface area contributed by atoms with Gasteiger partial charge in [-0.1, -0.05) is 11.6 Å². The Morgan fingerprint density at radius 3 is 2.32 bits per heavy atom. The molecule has 1 N–H and O–H groups in total. The largest absolute Gasteiger partial charge is 0.360 e. The van der Waals surface area contributed by atoms with Crippen LogP contribution in [0.1, 0.15) is 62.9 Å². The van der Waals surface area contributed by atoms with E-state index in [0.29, 0.717) is 19.1 Å². The van der Waals surface area contributed by atoms with Crippen LogP contribution in [0, 0.1) is 5.82 Å². The van der Waals surface area contributed by atoms with Gasteiger partial charge in [0.25, 0.3) is 5.91 Å². The molecule has 11 heteroatoms. The fourth-order valence-electron chi connectivity index (χ4n) is 5.85. The van der Waals surface area contributed by atoms with Gasteiger partial charge in [0.15, 0.2) is 0 Å². The Bertz CT molecular complexity index is 1530. The van der Waals surface area contributed by atoms with Gasteiger partial charge in [0.1, 0.15) is 5.82 Å². The fraction of sp³-hybridized carbons (Fsp3) is 0.481. The molecule has 3 heterocycles. The van der Waals surface area contributed by atoms with E-state index in [1.807, 2.05) is 25.5 Å². The van der Waals surface area contributed by atoms with Crippen molar-refractivity contribution >= 4 is 44.1 Å². The summed E-state index contributed by atoms with van der Waals surface area (Å²) in [7, 11) is -3.77. The number of carbonyl (C=O) groups excluding carboxylic acids is 1. The highest BCUT2D eigenvalue weighted by molar-refractivity contribution is 7.89. The molecule has 0 unspecified atom stereocenters. The first-order chi connectivity index (χ1) is 17.9. The Labute approximate surface area is 226 Å². The number of nitrogens with one attached hydrogen (secondary N) is 1. The van der Waals surface area contributed by atoms with E-state index in [9.17, 15) is 17.6 Å². The molecule has 0 radical (unpaired) electrons. The van der Waals surface area contributed by atoms with Crippen molar-refractivity contribution in [3.05, 3.63) is 52.9 Å². The average Bonchev–Trinajstić information content (AvgIpc) is 3.52. The number of fused-ring (bicyclic) bond motifs is 3. The third kappa shape index (κ3) is 4.56. The first-order valence-electron chi connectivity index (χ1n) is 13.0. The number of likely N-dealkylation sites (tertiary alicyclic amines) is 1. The van der Waals surface area contributed by atoms with E-state index in [1.54, 1.807) is 23.2 Å². The summed E-state index contributed by atoms with van der Waals surface area (Å²) in [4.78, 5) is 17.6. The Kier molecular flexibility index (Phi) is 6.01. The minimum atomic E-state index is -3.77. The van der Waals surface area contributed by atoms with Gasteiger partial charge in [-0.25, -0.2) is 17.5 Å². The first kappa shape index (κ1) is 25.6. The summed E-state index contributed by atoms with van der Waals surface area (Å²) in [5.41, 5.74) is 1.45. The number of rotatable bonds is 5. The molecule has 38 heavy (non-hydrogen) atoms. The van der Waals surface area contributed by atoms with Gasteiger partial charge in [-0.05, 0) is 76.8 Å². The number of piperazine rings is 1. The van der Waals surface area contributed by atoms with Crippen molar-refractivity contribution in [3.63, 3.8) is 0 Å². The van der Waals surface area contributed by atoms with Crippen molar-refractivity contribution in [2.45, 2.75) is 75.0 Å². The smallest absolute Gasteiger partial charge is 0.255 e. The van der Waals surface area contributed by atoms with E-state index >= 15 is 0 Å². The number of sulfonamides is 1. The lowest BCUT2D eigenvalue weighted by Gasteiger charge is -2.43. The molecule has 1 aromatic heterocycles. The van der Waals surface area contributed by atoms with Crippen LogP contribution in [0.15, 0.2) is 41.4 Å². The number of nitrogens with zero attached hydrogens (tertiary/aromatic N) is 4. The number of aromatic nitrogens is 2. The molecule has 1 aliphatic carbocycles. The van der Waals surface area contributed by atoms with Crippen molar-refractivity contribution < 1.29 is 17.6 Å². The van der Waals surface area contributed by atoms with Crippen LogP contribution in [0.3, 0.4) is 0 Å². The maximum atomic E-state index is 13.6. The molecule has 3 aliphatic rings. The zero-order chi connectivity index (χ0) is 27.0. The van der Waals surface area contributed by atoms with Crippen LogP contribution in [0.5, 0.6) is 0 Å². The zero-order valence-corrected chi connectivity index (χ0v) is 23.2. The van der Waals surface area contributed by atoms with Crippen molar-refractivity contribution in [3.8, 4) is 0 Å². The molecule has 2 bridgehead atoms. The second-order valence-corrected chi connectivity index (χ2v) is 13.8. The van der Waals surface area contributed by atoms with E-state index < -0.39 is 21.4 Å². The SMILES string of the molecule is CC(C)(C)NS(=O)(=O)c1cc(N2[C@@H]3CC[C@H]2CN(C(=O)c2ccc(F)cc2Cl)C3)c2c(cnn2C2CC2)c1. The van der Waals surface area contributed by atoms with Crippen LogP contribution < -0.4 is 9.62 Å². The summed E-state index contributed by atoms with van der Waals surface area (Å²) in [6.07, 6.45) is 5.61. The topological polar surface area (TPSA) is 87.5 Å². The molecule has 0 spiro atoms. The van der Waals surface area contributed by atoms with Crippen LogP contribution >= 0.6 is 11.6 Å². The lowest BCUT2D eigenvalue weighted by Crippen LogP contribution is -2.55. The van der Waals surface area contributed by atoms with Crippen molar-refractivity contribution in [2.24, 2.45) is 0 Å². The minimum Gasteiger partial charge on any atom is -0.360 e. The van der Waals surface area contributed by atoms with Gasteiger partial charge in [-0.2, -0.15) is 5.10 Å². The molecule has 6 rings (SSSR count). The van der Waals surface area contributed by atoms with Gasteiger partial charge in [0, 0.05) is 36.1 Å². The first-order valence-corrected chi connectivity index (χ1v) is 14.9. The normalized spacial score (nSPS) is 21.9. The van der Waals surface area contributed by atoms with Crippen LogP contribution in [-0.4, -0.2) is 59.7 Å². The fourth-order valence-corrected chi connectivity index (χ4v) is 7.57. The van der Waals surface area contributed by atoms with Crippen LogP contribution in [0.25, 0.3) is 10.9 Å². The Morgan fingerprint density at radius 2 is 1.71 bits per heavy atom. The predicted molar refractivity (Wildman–Crippen MR) is 145 cm³/mol. The maximum Gasteiger partial charge on any atom is 0.255 e. The van der Waals surface area contributed by atoms with Gasteiger partial charge in [0.05, 0.1) is 38.9 Å². The molecule has 2 aliphatic heterocycles. The quantitative estimate of drug-likeness (QED) is 0.488. The number of hydrogen-bond donors (Lipinski definition) is 1. The van der Waals surface area contributed by atoms with Crippen LogP contribution in [0.4, 0.5) is 10.1 Å². The highest BCUT2D eigenvalue weighted by atomic mass is 35.5. The van der Waals surface area contributed by atoms with E-state index in [0.717, 1.165) is 48.3 Å². The zero-order valence-electron chi connectivity index (χ0n) is 21.6. The van der Waals surface area contributed by atoms with Gasteiger partial charge in [-0.15, -0.1) is 0 Å². The number of amides is 1. The Morgan fingerprint density at radius 1 is 1.05 bits per heavy atom. The molecule has 2 saturated heterocycles. The standard InChI is InChI=1S/C27H31ClFN5O3S/c1-27(2,3)31-38(36,37)21-10-16-13-30-34(18-5-6-18)25(16)24(12-21)33-19-7-8-20(33)15-32(14-19)26(35)22-9-4-17(29)11-23(22)28/h4,9-13,18-20,31H,5-8,14-15H2,1-3H3/t19-,20+. The summed E-state index contributed by atoms with van der Waals surface area (Å²) < 4.78 is 45.1. The second kappa shape index (κ2) is 8.93. The van der Waals surface area contributed by atoms with Gasteiger partial charge in [-0.3, -0.25) is 9.48 Å². The van der Waals surface area contributed by atoms with E-state index in [2.05, 4.69) is 14.7 Å². The average molecular weight is 560 g/mol. The van der Waals surface area contributed by atoms with Crippen molar-refractivity contribution in [1.29, 1.82) is 0 Å².